The maximum Gasteiger partial charge on any atom is 0.267 e. The van der Waals surface area contributed by atoms with Crippen LogP contribution in [0.5, 0.6) is 0 Å². The molecule has 2 aromatic heterocycles. The molecule has 0 bridgehead atoms. The van der Waals surface area contributed by atoms with Crippen LogP contribution in [-0.2, 0) is 6.42 Å². The summed E-state index contributed by atoms with van der Waals surface area (Å²) in [7, 11) is 0. The van der Waals surface area contributed by atoms with E-state index in [0.717, 1.165) is 0 Å². The molecule has 1 aromatic carbocycles. The highest BCUT2D eigenvalue weighted by Gasteiger charge is 2.13. The number of aromatic nitrogens is 3. The summed E-state index contributed by atoms with van der Waals surface area (Å²) >= 11 is 6.15. The third-order valence-corrected chi connectivity index (χ3v) is 3.58. The molecule has 0 fully saturated rings. The van der Waals surface area contributed by atoms with Gasteiger partial charge in [-0.05, 0) is 24.3 Å². The van der Waals surface area contributed by atoms with Gasteiger partial charge in [-0.15, -0.1) is 0 Å². The number of nitrogen functional groups attached to an aromatic ring is 1. The largest absolute Gasteiger partial charge is 0.384 e. The van der Waals surface area contributed by atoms with Gasteiger partial charge in [0.25, 0.3) is 5.56 Å². The molecule has 21 heavy (non-hydrogen) atoms. The zero-order chi connectivity index (χ0) is 15.0. The van der Waals surface area contributed by atoms with E-state index in [1.54, 1.807) is 36.5 Å². The van der Waals surface area contributed by atoms with Crippen molar-refractivity contribution in [1.29, 1.82) is 0 Å². The van der Waals surface area contributed by atoms with Crippen LogP contribution >= 0.6 is 11.6 Å². The van der Waals surface area contributed by atoms with E-state index in [-0.39, 0.29) is 5.56 Å². The topological polar surface area (TPSA) is 73.8 Å². The molecular formula is C15H13ClN4O. The number of nitrogens with two attached hydrogens (primary N) is 1. The second-order valence-corrected chi connectivity index (χ2v) is 5.00. The number of fused-ring (bicyclic) bond motifs is 1. The van der Waals surface area contributed by atoms with Crippen molar-refractivity contribution in [1.82, 2.24) is 14.5 Å². The van der Waals surface area contributed by atoms with Gasteiger partial charge in [-0.3, -0.25) is 9.36 Å². The molecule has 106 valence electrons. The molecule has 0 radical (unpaired) electrons. The number of anilines is 1. The summed E-state index contributed by atoms with van der Waals surface area (Å²) in [5.41, 5.74) is 6.62. The number of hydrogen-bond donors (Lipinski definition) is 1. The van der Waals surface area contributed by atoms with Gasteiger partial charge >= 0.3 is 0 Å². The molecule has 2 N–H and O–H groups in total. The van der Waals surface area contributed by atoms with Crippen LogP contribution in [0.15, 0.2) is 41.3 Å². The average molecular weight is 301 g/mol. The van der Waals surface area contributed by atoms with Gasteiger partial charge in [0.05, 0.1) is 27.8 Å². The van der Waals surface area contributed by atoms with E-state index < -0.39 is 0 Å². The predicted octanol–water partition coefficient (Wildman–Crippen LogP) is 2.58. The van der Waals surface area contributed by atoms with Crippen LogP contribution in [0.1, 0.15) is 12.7 Å². The number of halogens is 1. The van der Waals surface area contributed by atoms with Crippen molar-refractivity contribution in [3.05, 3.63) is 57.7 Å². The number of aryl methyl sites for hydroxylation is 1. The summed E-state index contributed by atoms with van der Waals surface area (Å²) < 4.78 is 1.53. The average Bonchev–Trinajstić information content (AvgIpc) is 2.48. The lowest BCUT2D eigenvalue weighted by atomic mass is 10.2. The Balaban J connectivity index is 2.41. The SMILES string of the molecule is CCc1nc2cccc(Cl)c2c(=O)n1-c1ccc(N)nc1. The summed E-state index contributed by atoms with van der Waals surface area (Å²) in [6, 6.07) is 8.65. The van der Waals surface area contributed by atoms with Crippen molar-refractivity contribution >= 4 is 28.3 Å². The second kappa shape index (κ2) is 5.18. The van der Waals surface area contributed by atoms with Gasteiger partial charge in [0.15, 0.2) is 0 Å². The quantitative estimate of drug-likeness (QED) is 0.789. The van der Waals surface area contributed by atoms with E-state index in [0.29, 0.717) is 39.7 Å². The smallest absolute Gasteiger partial charge is 0.267 e. The third-order valence-electron chi connectivity index (χ3n) is 3.26. The lowest BCUT2D eigenvalue weighted by Crippen LogP contribution is -2.24. The molecule has 0 unspecified atom stereocenters. The van der Waals surface area contributed by atoms with Crippen LogP contribution in [0, 0.1) is 0 Å². The van der Waals surface area contributed by atoms with E-state index in [1.165, 1.54) is 4.57 Å². The van der Waals surface area contributed by atoms with Crippen molar-refractivity contribution < 1.29 is 0 Å². The van der Waals surface area contributed by atoms with Gasteiger partial charge in [0, 0.05) is 6.42 Å². The minimum absolute atomic E-state index is 0.200. The molecule has 6 heteroatoms. The Morgan fingerprint density at radius 2 is 2.10 bits per heavy atom. The molecule has 0 spiro atoms. The lowest BCUT2D eigenvalue weighted by molar-refractivity contribution is 0.830. The van der Waals surface area contributed by atoms with E-state index >= 15 is 0 Å². The van der Waals surface area contributed by atoms with Crippen molar-refractivity contribution in [2.75, 3.05) is 5.73 Å². The lowest BCUT2D eigenvalue weighted by Gasteiger charge is -2.12. The van der Waals surface area contributed by atoms with Crippen LogP contribution in [0.3, 0.4) is 0 Å². The van der Waals surface area contributed by atoms with E-state index in [4.69, 9.17) is 17.3 Å². The van der Waals surface area contributed by atoms with Crippen LogP contribution in [0.4, 0.5) is 5.82 Å². The van der Waals surface area contributed by atoms with Crippen LogP contribution in [0.25, 0.3) is 16.6 Å². The summed E-state index contributed by atoms with van der Waals surface area (Å²) in [5, 5.41) is 0.804. The fourth-order valence-electron chi connectivity index (χ4n) is 2.27. The Morgan fingerprint density at radius 1 is 1.29 bits per heavy atom. The Morgan fingerprint density at radius 3 is 2.76 bits per heavy atom. The molecule has 3 rings (SSSR count). The first-order valence-electron chi connectivity index (χ1n) is 6.54. The maximum atomic E-state index is 12.8. The molecular weight excluding hydrogens is 288 g/mol. The van der Waals surface area contributed by atoms with E-state index in [9.17, 15) is 4.79 Å². The molecule has 0 aliphatic carbocycles. The Hall–Kier alpha value is -2.40. The fourth-order valence-corrected chi connectivity index (χ4v) is 2.52. The zero-order valence-corrected chi connectivity index (χ0v) is 12.1. The standard InChI is InChI=1S/C15H13ClN4O/c1-2-13-19-11-5-3-4-10(16)14(11)15(21)20(13)9-6-7-12(17)18-8-9/h3-8H,2H2,1H3,(H2,17,18). The number of benzene rings is 1. The van der Waals surface area contributed by atoms with Gasteiger partial charge in [0.2, 0.25) is 0 Å². The minimum Gasteiger partial charge on any atom is -0.384 e. The maximum absolute atomic E-state index is 12.8. The summed E-state index contributed by atoms with van der Waals surface area (Å²) in [5.74, 6) is 1.05. The molecule has 0 saturated heterocycles. The highest BCUT2D eigenvalue weighted by Crippen LogP contribution is 2.20. The summed E-state index contributed by atoms with van der Waals surface area (Å²) in [4.78, 5) is 21.4. The molecule has 0 saturated carbocycles. The minimum atomic E-state index is -0.200. The molecule has 5 nitrogen and oxygen atoms in total. The highest BCUT2D eigenvalue weighted by atomic mass is 35.5. The van der Waals surface area contributed by atoms with Crippen molar-refractivity contribution in [3.8, 4) is 5.69 Å². The normalized spacial score (nSPS) is 11.0. The van der Waals surface area contributed by atoms with Crippen LogP contribution < -0.4 is 11.3 Å². The Labute approximate surface area is 126 Å². The number of nitrogens with zero attached hydrogens (tertiary/aromatic N) is 3. The monoisotopic (exact) mass is 300 g/mol. The van der Waals surface area contributed by atoms with Gasteiger partial charge in [-0.25, -0.2) is 9.97 Å². The Kier molecular flexibility index (Phi) is 3.35. The molecule has 3 aromatic rings. The third kappa shape index (κ3) is 2.25. The van der Waals surface area contributed by atoms with Gasteiger partial charge in [0.1, 0.15) is 11.6 Å². The van der Waals surface area contributed by atoms with Crippen molar-refractivity contribution in [2.45, 2.75) is 13.3 Å². The van der Waals surface area contributed by atoms with Gasteiger partial charge < -0.3 is 5.73 Å². The number of rotatable bonds is 2. The predicted molar refractivity (Wildman–Crippen MR) is 83.9 cm³/mol. The first kappa shape index (κ1) is 13.6. The van der Waals surface area contributed by atoms with Crippen molar-refractivity contribution in [3.63, 3.8) is 0 Å². The van der Waals surface area contributed by atoms with Gasteiger partial charge in [-0.2, -0.15) is 0 Å². The van der Waals surface area contributed by atoms with Crippen molar-refractivity contribution in [2.24, 2.45) is 0 Å². The molecule has 2 heterocycles. The van der Waals surface area contributed by atoms with Crippen LogP contribution in [-0.4, -0.2) is 14.5 Å². The molecule has 0 aliphatic rings. The fraction of sp³-hybridized carbons (Fsp3) is 0.133. The second-order valence-electron chi connectivity index (χ2n) is 4.60. The van der Waals surface area contributed by atoms with Crippen LogP contribution in [0.2, 0.25) is 5.02 Å². The highest BCUT2D eigenvalue weighted by molar-refractivity contribution is 6.35. The first-order chi connectivity index (χ1) is 10.1. The first-order valence-corrected chi connectivity index (χ1v) is 6.91. The molecule has 0 atom stereocenters. The Bertz CT molecular complexity index is 871. The number of pyridine rings is 1. The molecule has 0 amide bonds. The van der Waals surface area contributed by atoms with E-state index in [2.05, 4.69) is 9.97 Å². The summed E-state index contributed by atoms with van der Waals surface area (Å²) in [6.07, 6.45) is 2.17. The summed E-state index contributed by atoms with van der Waals surface area (Å²) in [6.45, 7) is 1.94. The van der Waals surface area contributed by atoms with E-state index in [1.807, 2.05) is 6.92 Å². The number of hydrogen-bond acceptors (Lipinski definition) is 4. The van der Waals surface area contributed by atoms with Gasteiger partial charge in [-0.1, -0.05) is 24.6 Å². The molecule has 0 aliphatic heterocycles. The zero-order valence-electron chi connectivity index (χ0n) is 11.4.